The van der Waals surface area contributed by atoms with Crippen LogP contribution in [0.25, 0.3) is 0 Å². The number of hydrogen-bond donors (Lipinski definition) is 0. The summed E-state index contributed by atoms with van der Waals surface area (Å²) < 4.78 is 54.5. The molecular formula is C10H25F3O3Si3. The molecule has 0 saturated heterocycles. The standard InChI is InChI=1S/C10H25F3O3Si3/c1-7-14-18(4,5)16-19(6,15-17(2)3)9-8-10(11,12)13/h17H,7-9H2,1-6H3. The van der Waals surface area contributed by atoms with Crippen molar-refractivity contribution in [1.29, 1.82) is 0 Å². The maximum atomic E-state index is 12.4. The van der Waals surface area contributed by atoms with E-state index in [1.165, 1.54) is 0 Å². The van der Waals surface area contributed by atoms with Gasteiger partial charge in [-0.25, -0.2) is 0 Å². The summed E-state index contributed by atoms with van der Waals surface area (Å²) in [6.45, 7) is 11.7. The average Bonchev–Trinajstić information content (AvgIpc) is 2.11. The van der Waals surface area contributed by atoms with Crippen molar-refractivity contribution in [3.8, 4) is 0 Å². The molecule has 0 aliphatic rings. The fourth-order valence-corrected chi connectivity index (χ4v) is 13.2. The van der Waals surface area contributed by atoms with Crippen LogP contribution in [-0.2, 0) is 12.7 Å². The predicted octanol–water partition coefficient (Wildman–Crippen LogP) is 3.77. The van der Waals surface area contributed by atoms with Crippen LogP contribution in [-0.4, -0.2) is 38.9 Å². The van der Waals surface area contributed by atoms with E-state index >= 15 is 0 Å². The molecule has 0 rings (SSSR count). The summed E-state index contributed by atoms with van der Waals surface area (Å²) in [5, 5.41) is 0. The van der Waals surface area contributed by atoms with E-state index in [1.807, 2.05) is 33.1 Å². The van der Waals surface area contributed by atoms with Crippen molar-refractivity contribution in [2.45, 2.75) is 58.3 Å². The van der Waals surface area contributed by atoms with Crippen LogP contribution in [0.1, 0.15) is 13.3 Å². The summed E-state index contributed by atoms with van der Waals surface area (Å²) in [7, 11) is -6.68. The lowest BCUT2D eigenvalue weighted by atomic mass is 10.5. The van der Waals surface area contributed by atoms with E-state index in [-0.39, 0.29) is 6.04 Å². The smallest absolute Gasteiger partial charge is 0.389 e. The molecule has 0 bridgehead atoms. The SMILES string of the molecule is CCO[Si](C)(C)O[Si](C)(CCC(F)(F)F)O[SiH](C)C. The number of alkyl halides is 3. The molecule has 0 aliphatic carbocycles. The highest BCUT2D eigenvalue weighted by molar-refractivity contribution is 6.82. The molecule has 0 saturated carbocycles. The van der Waals surface area contributed by atoms with Crippen LogP contribution in [0.3, 0.4) is 0 Å². The van der Waals surface area contributed by atoms with Crippen molar-refractivity contribution in [3.63, 3.8) is 0 Å². The molecule has 116 valence electrons. The van der Waals surface area contributed by atoms with Gasteiger partial charge in [0.05, 0.1) is 0 Å². The summed E-state index contributed by atoms with van der Waals surface area (Å²) in [6.07, 6.45) is -5.02. The van der Waals surface area contributed by atoms with Crippen LogP contribution in [0.5, 0.6) is 0 Å². The molecule has 0 N–H and O–H groups in total. The number of halogens is 3. The Morgan fingerprint density at radius 2 is 1.63 bits per heavy atom. The Bertz CT molecular complexity index is 274. The Morgan fingerprint density at radius 1 is 1.11 bits per heavy atom. The molecule has 19 heavy (non-hydrogen) atoms. The van der Waals surface area contributed by atoms with Gasteiger partial charge in [-0.3, -0.25) is 0 Å². The molecule has 0 aromatic heterocycles. The molecule has 0 aromatic carbocycles. The molecule has 0 heterocycles. The van der Waals surface area contributed by atoms with Crippen LogP contribution >= 0.6 is 0 Å². The van der Waals surface area contributed by atoms with E-state index in [0.717, 1.165) is 0 Å². The van der Waals surface area contributed by atoms with Gasteiger partial charge in [0.25, 0.3) is 0 Å². The van der Waals surface area contributed by atoms with Gasteiger partial charge in [-0.05, 0) is 45.7 Å². The molecule has 0 fully saturated rings. The minimum Gasteiger partial charge on any atom is -0.439 e. The fraction of sp³-hybridized carbons (Fsp3) is 1.00. The molecule has 0 amide bonds. The molecule has 3 nitrogen and oxygen atoms in total. The average molecular weight is 335 g/mol. The summed E-state index contributed by atoms with van der Waals surface area (Å²) in [4.78, 5) is 0. The van der Waals surface area contributed by atoms with E-state index < -0.39 is 38.8 Å². The highest BCUT2D eigenvalue weighted by Gasteiger charge is 2.43. The molecule has 0 spiro atoms. The van der Waals surface area contributed by atoms with Gasteiger partial charge < -0.3 is 12.7 Å². The van der Waals surface area contributed by atoms with E-state index in [2.05, 4.69) is 0 Å². The van der Waals surface area contributed by atoms with E-state index in [9.17, 15) is 13.2 Å². The minimum atomic E-state index is -4.17. The van der Waals surface area contributed by atoms with Crippen LogP contribution in [0.15, 0.2) is 0 Å². The molecule has 1 unspecified atom stereocenters. The summed E-state index contributed by atoms with van der Waals surface area (Å²) in [6, 6.07) is -0.0643. The highest BCUT2D eigenvalue weighted by atomic mass is 28.5. The van der Waals surface area contributed by atoms with Crippen LogP contribution in [0.4, 0.5) is 13.2 Å². The van der Waals surface area contributed by atoms with Gasteiger partial charge in [-0.1, -0.05) is 0 Å². The zero-order valence-corrected chi connectivity index (χ0v) is 15.7. The van der Waals surface area contributed by atoms with Gasteiger partial charge in [-0.15, -0.1) is 0 Å². The van der Waals surface area contributed by atoms with Gasteiger partial charge in [0.15, 0.2) is 9.04 Å². The lowest BCUT2D eigenvalue weighted by Gasteiger charge is -2.36. The Morgan fingerprint density at radius 3 is 2.00 bits per heavy atom. The third-order valence-corrected chi connectivity index (χ3v) is 12.0. The van der Waals surface area contributed by atoms with Gasteiger partial charge in [-0.2, -0.15) is 13.2 Å². The Labute approximate surface area is 117 Å². The monoisotopic (exact) mass is 334 g/mol. The maximum Gasteiger partial charge on any atom is 0.389 e. The van der Waals surface area contributed by atoms with Crippen molar-refractivity contribution in [2.75, 3.05) is 6.61 Å². The molecule has 9 heteroatoms. The van der Waals surface area contributed by atoms with E-state index in [0.29, 0.717) is 6.61 Å². The van der Waals surface area contributed by atoms with E-state index in [4.69, 9.17) is 12.7 Å². The highest BCUT2D eigenvalue weighted by Crippen LogP contribution is 2.29. The van der Waals surface area contributed by atoms with Gasteiger partial charge in [0, 0.05) is 13.0 Å². The Balaban J connectivity index is 4.77. The lowest BCUT2D eigenvalue weighted by molar-refractivity contribution is -0.131. The van der Waals surface area contributed by atoms with Gasteiger partial charge in [0.1, 0.15) is 0 Å². The largest absolute Gasteiger partial charge is 0.439 e. The topological polar surface area (TPSA) is 27.7 Å². The fourth-order valence-electron chi connectivity index (χ4n) is 1.90. The predicted molar refractivity (Wildman–Crippen MR) is 77.3 cm³/mol. The van der Waals surface area contributed by atoms with Crippen molar-refractivity contribution < 1.29 is 25.8 Å². The summed E-state index contributed by atoms with van der Waals surface area (Å²) in [5.74, 6) is 0. The number of hydrogen-bond acceptors (Lipinski definition) is 3. The van der Waals surface area contributed by atoms with Gasteiger partial charge >= 0.3 is 23.3 Å². The Kier molecular flexibility index (Phi) is 7.49. The van der Waals surface area contributed by atoms with E-state index in [1.54, 1.807) is 6.55 Å². The first kappa shape index (κ1) is 19.3. The minimum absolute atomic E-state index is 0.0643. The second-order valence-corrected chi connectivity index (χ2v) is 15.1. The Hall–Kier alpha value is 0.321. The molecule has 0 radical (unpaired) electrons. The quantitative estimate of drug-likeness (QED) is 0.633. The first-order valence-corrected chi connectivity index (χ1v) is 14.6. The molecule has 0 aromatic rings. The van der Waals surface area contributed by atoms with Crippen molar-refractivity contribution in [1.82, 2.24) is 0 Å². The third kappa shape index (κ3) is 9.79. The van der Waals surface area contributed by atoms with Crippen LogP contribution in [0, 0.1) is 0 Å². The number of rotatable bonds is 8. The summed E-state index contributed by atoms with van der Waals surface area (Å²) >= 11 is 0. The lowest BCUT2D eigenvalue weighted by Crippen LogP contribution is -2.52. The molecule has 1 atom stereocenters. The molecule has 0 aliphatic heterocycles. The van der Waals surface area contributed by atoms with Crippen molar-refractivity contribution in [3.05, 3.63) is 0 Å². The zero-order valence-electron chi connectivity index (χ0n) is 12.6. The first-order valence-electron chi connectivity index (χ1n) is 6.48. The first-order chi connectivity index (χ1) is 8.39. The normalized spacial score (nSPS) is 16.7. The second kappa shape index (κ2) is 7.36. The molecular weight excluding hydrogens is 309 g/mol. The van der Waals surface area contributed by atoms with Crippen LogP contribution in [0.2, 0.25) is 38.8 Å². The summed E-state index contributed by atoms with van der Waals surface area (Å²) in [5.41, 5.74) is 0. The zero-order chi connectivity index (χ0) is 15.3. The van der Waals surface area contributed by atoms with Crippen molar-refractivity contribution in [2.24, 2.45) is 0 Å². The second-order valence-electron chi connectivity index (χ2n) is 5.35. The van der Waals surface area contributed by atoms with Gasteiger partial charge in [0.2, 0.25) is 0 Å². The van der Waals surface area contributed by atoms with Crippen LogP contribution < -0.4 is 0 Å². The van der Waals surface area contributed by atoms with Crippen molar-refractivity contribution >= 4 is 26.2 Å². The third-order valence-electron chi connectivity index (χ3n) is 2.30. The maximum absolute atomic E-state index is 12.4.